The third-order valence-corrected chi connectivity index (χ3v) is 5.11. The van der Waals surface area contributed by atoms with Gasteiger partial charge in [0, 0.05) is 24.7 Å². The van der Waals surface area contributed by atoms with Crippen LogP contribution in [0.4, 0.5) is 24.7 Å². The van der Waals surface area contributed by atoms with E-state index in [1.165, 1.54) is 10.7 Å². The molecule has 0 radical (unpaired) electrons. The Hall–Kier alpha value is -2.95. The lowest BCUT2D eigenvalue weighted by molar-refractivity contribution is -0.137. The molecule has 0 unspecified atom stereocenters. The first-order chi connectivity index (χ1) is 13.8. The summed E-state index contributed by atoms with van der Waals surface area (Å²) in [5, 5.41) is 17.6. The Morgan fingerprint density at radius 3 is 2.66 bits per heavy atom. The van der Waals surface area contributed by atoms with Gasteiger partial charge >= 0.3 is 6.18 Å². The van der Waals surface area contributed by atoms with E-state index in [1.807, 2.05) is 4.90 Å². The van der Waals surface area contributed by atoms with Gasteiger partial charge in [0.05, 0.1) is 10.6 Å². The van der Waals surface area contributed by atoms with Crippen molar-refractivity contribution in [2.75, 3.05) is 23.3 Å². The molecule has 1 fully saturated rings. The molecular weight excluding hydrogens is 411 g/mol. The minimum Gasteiger partial charge on any atom is -0.355 e. The Morgan fingerprint density at radius 2 is 1.93 bits per heavy atom. The molecule has 0 atom stereocenters. The third-order valence-electron chi connectivity index (χ3n) is 4.78. The number of nitrogens with one attached hydrogen (secondary N) is 1. The Kier molecular flexibility index (Phi) is 4.99. The van der Waals surface area contributed by atoms with Gasteiger partial charge in [0.15, 0.2) is 11.5 Å². The molecule has 0 spiro atoms. The smallest absolute Gasteiger partial charge is 0.355 e. The molecule has 1 aromatic carbocycles. The Bertz CT molecular complexity index is 1050. The molecule has 4 rings (SSSR count). The van der Waals surface area contributed by atoms with E-state index in [-0.39, 0.29) is 17.5 Å². The minimum absolute atomic E-state index is 0.0694. The molecule has 1 amide bonds. The first kappa shape index (κ1) is 19.4. The number of nitrogens with zero attached hydrogens (tertiary/aromatic N) is 6. The highest BCUT2D eigenvalue weighted by Crippen LogP contribution is 2.36. The van der Waals surface area contributed by atoms with Crippen molar-refractivity contribution in [2.24, 2.45) is 5.92 Å². The number of hydrogen-bond acceptors (Lipinski definition) is 6. The van der Waals surface area contributed by atoms with Gasteiger partial charge in [-0.15, -0.1) is 14.8 Å². The molecule has 3 aromatic rings. The number of hydrogen-bond donors (Lipinski definition) is 1. The lowest BCUT2D eigenvalue weighted by Crippen LogP contribution is -2.38. The average Bonchev–Trinajstić information content (AvgIpc) is 3.16. The van der Waals surface area contributed by atoms with Gasteiger partial charge in [-0.3, -0.25) is 4.79 Å². The largest absolute Gasteiger partial charge is 0.417 e. The van der Waals surface area contributed by atoms with Crippen LogP contribution in [-0.4, -0.2) is 44.3 Å². The lowest BCUT2D eigenvalue weighted by Gasteiger charge is -2.31. The number of carbonyl (C=O) groups excluding carboxylic acids is 1. The van der Waals surface area contributed by atoms with Crippen LogP contribution in [0.2, 0.25) is 5.02 Å². The summed E-state index contributed by atoms with van der Waals surface area (Å²) in [5.41, 5.74) is -0.375. The van der Waals surface area contributed by atoms with E-state index in [1.54, 1.807) is 12.1 Å². The summed E-state index contributed by atoms with van der Waals surface area (Å²) in [6, 6.07) is 6.89. The number of fused-ring (bicyclic) bond motifs is 1. The maximum atomic E-state index is 13.0. The van der Waals surface area contributed by atoms with E-state index in [4.69, 9.17) is 11.6 Å². The van der Waals surface area contributed by atoms with E-state index >= 15 is 0 Å². The Morgan fingerprint density at radius 1 is 1.17 bits per heavy atom. The molecule has 8 nitrogen and oxygen atoms in total. The summed E-state index contributed by atoms with van der Waals surface area (Å²) in [5.74, 6) is 0.0631. The number of amides is 1. The number of benzene rings is 1. The van der Waals surface area contributed by atoms with Crippen LogP contribution >= 0.6 is 11.6 Å². The van der Waals surface area contributed by atoms with Crippen LogP contribution in [0.1, 0.15) is 18.4 Å². The van der Waals surface area contributed by atoms with Gasteiger partial charge in [0.1, 0.15) is 0 Å². The third kappa shape index (κ3) is 4.09. The SMILES string of the molecule is O=C(Nc1ccc(Cl)c(C(F)(F)F)c1)C1CCN(c2ccc3nnnn3n2)CC1. The summed E-state index contributed by atoms with van der Waals surface area (Å²) in [7, 11) is 0. The van der Waals surface area contributed by atoms with Gasteiger partial charge in [0.2, 0.25) is 5.91 Å². The molecule has 1 saturated heterocycles. The second-order valence-corrected chi connectivity index (χ2v) is 7.07. The van der Waals surface area contributed by atoms with Crippen molar-refractivity contribution in [2.45, 2.75) is 19.0 Å². The van der Waals surface area contributed by atoms with Crippen LogP contribution in [0, 0.1) is 5.92 Å². The van der Waals surface area contributed by atoms with Crippen molar-refractivity contribution >= 4 is 34.7 Å². The number of rotatable bonds is 3. The van der Waals surface area contributed by atoms with Crippen LogP contribution in [0.5, 0.6) is 0 Å². The van der Waals surface area contributed by atoms with Gasteiger partial charge in [0.25, 0.3) is 0 Å². The Balaban J connectivity index is 1.39. The maximum absolute atomic E-state index is 13.0. The van der Waals surface area contributed by atoms with Crippen molar-refractivity contribution in [3.63, 3.8) is 0 Å². The standard InChI is InChI=1S/C17H15ClF3N7O/c18-13-2-1-11(9-12(13)17(19,20)21)22-16(29)10-5-7-27(8-6-10)15-4-3-14-23-25-26-28(14)24-15/h1-4,9-10H,5-8H2,(H,22,29). The first-order valence-electron chi connectivity index (χ1n) is 8.79. The summed E-state index contributed by atoms with van der Waals surface area (Å²) >= 11 is 5.61. The number of piperidine rings is 1. The fraction of sp³-hybridized carbons (Fsp3) is 0.353. The summed E-state index contributed by atoms with van der Waals surface area (Å²) in [4.78, 5) is 14.5. The summed E-state index contributed by atoms with van der Waals surface area (Å²) < 4.78 is 40.3. The molecule has 1 aliphatic rings. The van der Waals surface area contributed by atoms with E-state index in [9.17, 15) is 18.0 Å². The predicted molar refractivity (Wildman–Crippen MR) is 98.6 cm³/mol. The normalized spacial score (nSPS) is 15.7. The fourth-order valence-corrected chi connectivity index (χ4v) is 3.47. The van der Waals surface area contributed by atoms with Crippen molar-refractivity contribution in [1.29, 1.82) is 0 Å². The van der Waals surface area contributed by atoms with Gasteiger partial charge in [-0.2, -0.15) is 13.2 Å². The van der Waals surface area contributed by atoms with Crippen molar-refractivity contribution in [1.82, 2.24) is 25.3 Å². The minimum atomic E-state index is -4.59. The van der Waals surface area contributed by atoms with Crippen molar-refractivity contribution in [3.8, 4) is 0 Å². The molecular formula is C17H15ClF3N7O. The molecule has 0 bridgehead atoms. The molecule has 152 valence electrons. The van der Waals surface area contributed by atoms with Gasteiger partial charge in [-0.05, 0) is 53.6 Å². The van der Waals surface area contributed by atoms with Crippen LogP contribution in [0.15, 0.2) is 30.3 Å². The zero-order valence-corrected chi connectivity index (χ0v) is 15.7. The van der Waals surface area contributed by atoms with Gasteiger partial charge in [-0.1, -0.05) is 11.6 Å². The van der Waals surface area contributed by atoms with E-state index in [0.717, 1.165) is 12.1 Å². The molecule has 1 N–H and O–H groups in total. The Labute approximate surface area is 167 Å². The molecule has 2 aromatic heterocycles. The maximum Gasteiger partial charge on any atom is 0.417 e. The number of carbonyl (C=O) groups is 1. The van der Waals surface area contributed by atoms with Crippen molar-refractivity contribution in [3.05, 3.63) is 40.9 Å². The highest BCUT2D eigenvalue weighted by Gasteiger charge is 2.34. The molecule has 0 aliphatic carbocycles. The first-order valence-corrected chi connectivity index (χ1v) is 9.17. The van der Waals surface area contributed by atoms with E-state index < -0.39 is 16.8 Å². The molecule has 1 aliphatic heterocycles. The highest BCUT2D eigenvalue weighted by molar-refractivity contribution is 6.31. The molecule has 29 heavy (non-hydrogen) atoms. The van der Waals surface area contributed by atoms with Crippen LogP contribution < -0.4 is 10.2 Å². The number of aromatic nitrogens is 5. The average molecular weight is 426 g/mol. The zero-order chi connectivity index (χ0) is 20.6. The van der Waals surface area contributed by atoms with Crippen LogP contribution in [-0.2, 0) is 11.0 Å². The predicted octanol–water partition coefficient (Wildman–Crippen LogP) is 3.05. The number of halogens is 4. The summed E-state index contributed by atoms with van der Waals surface area (Å²) in [6.45, 7) is 1.15. The van der Waals surface area contributed by atoms with Gasteiger partial charge < -0.3 is 10.2 Å². The second kappa shape index (κ2) is 7.47. The van der Waals surface area contributed by atoms with Crippen LogP contribution in [0.25, 0.3) is 5.65 Å². The number of tetrazole rings is 1. The van der Waals surface area contributed by atoms with E-state index in [0.29, 0.717) is 37.4 Å². The summed E-state index contributed by atoms with van der Waals surface area (Å²) in [6.07, 6.45) is -3.50. The van der Waals surface area contributed by atoms with Crippen LogP contribution in [0.3, 0.4) is 0 Å². The van der Waals surface area contributed by atoms with E-state index in [2.05, 4.69) is 25.9 Å². The monoisotopic (exact) mass is 425 g/mol. The number of alkyl halides is 3. The quantitative estimate of drug-likeness (QED) is 0.694. The molecule has 0 saturated carbocycles. The lowest BCUT2D eigenvalue weighted by atomic mass is 9.95. The zero-order valence-electron chi connectivity index (χ0n) is 14.9. The van der Waals surface area contributed by atoms with Gasteiger partial charge in [-0.25, -0.2) is 0 Å². The number of anilines is 2. The topological polar surface area (TPSA) is 88.3 Å². The second-order valence-electron chi connectivity index (χ2n) is 6.66. The molecule has 12 heteroatoms. The molecule has 3 heterocycles. The fourth-order valence-electron chi connectivity index (χ4n) is 3.24. The van der Waals surface area contributed by atoms with Crippen molar-refractivity contribution < 1.29 is 18.0 Å². The highest BCUT2D eigenvalue weighted by atomic mass is 35.5.